The molecule has 234 valence electrons. The summed E-state index contributed by atoms with van der Waals surface area (Å²) < 4.78 is 66.1. The van der Waals surface area contributed by atoms with Crippen LogP contribution in [0.25, 0.3) is 11.1 Å². The van der Waals surface area contributed by atoms with Gasteiger partial charge in [-0.15, -0.1) is 0 Å². The smallest absolute Gasteiger partial charge is 0.244 e. The van der Waals surface area contributed by atoms with E-state index in [2.05, 4.69) is 15.4 Å². The molecule has 43 heavy (non-hydrogen) atoms. The highest BCUT2D eigenvalue weighted by atomic mass is 32.2. The van der Waals surface area contributed by atoms with E-state index in [-0.39, 0.29) is 34.7 Å². The molecule has 13 nitrogen and oxygen atoms in total. The van der Waals surface area contributed by atoms with Crippen molar-refractivity contribution in [2.45, 2.75) is 46.8 Å². The number of aliphatic hydroxyl groups is 2. The molecule has 5 rings (SSSR count). The predicted molar refractivity (Wildman–Crippen MR) is 157 cm³/mol. The van der Waals surface area contributed by atoms with Crippen molar-refractivity contribution in [3.05, 3.63) is 55.1 Å². The summed E-state index contributed by atoms with van der Waals surface area (Å²) in [5, 5.41) is 26.9. The molecule has 2 aliphatic heterocycles. The number of piperidine rings is 1. The number of aliphatic hydroxyl groups excluding tert-OH is 2. The van der Waals surface area contributed by atoms with E-state index in [4.69, 9.17) is 14.6 Å². The second-order valence-corrected chi connectivity index (χ2v) is 15.0. The van der Waals surface area contributed by atoms with E-state index in [1.54, 1.807) is 48.5 Å². The summed E-state index contributed by atoms with van der Waals surface area (Å²) in [7, 11) is -5.54. The van der Waals surface area contributed by atoms with Crippen LogP contribution in [0, 0.1) is 0 Å². The maximum Gasteiger partial charge on any atom is 0.244 e. The molecule has 2 unspecified atom stereocenters. The molecule has 2 saturated heterocycles. The number of nitrogens with one attached hydrogen (secondary N) is 1. The molecule has 0 aliphatic carbocycles. The number of hydrogen-bond donors (Lipinski definition) is 3. The number of benzene rings is 1. The average Bonchev–Trinajstić information content (AvgIpc) is 3.61. The second-order valence-electron chi connectivity index (χ2n) is 11.0. The minimum atomic E-state index is -3.73. The van der Waals surface area contributed by atoms with Crippen molar-refractivity contribution in [2.75, 3.05) is 45.2 Å². The monoisotopic (exact) mass is 635 g/mol. The fraction of sp³-hybridized carbons (Fsp3) is 0.500. The van der Waals surface area contributed by atoms with Gasteiger partial charge in [-0.3, -0.25) is 9.67 Å². The number of sulfonamides is 1. The number of pyridine rings is 1. The molecule has 2 atom stereocenters. The number of rotatable bonds is 12. The number of nitrogens with zero attached hydrogens (tertiary/aromatic N) is 4. The standard InChI is InChI=1S/C28H37N5O8S2/c1-32-18-22(15-31-32)21-11-27(17-29-14-21)43(38,39)33-7-5-28(6-8-33)13-23(19-41-28)30-16-24(35)20-40-25-3-2-4-26(12-25)42(36,37)10-9-34/h2-4,11-12,14-15,17-18,23-24,30,34-35H,5-10,13,16,19-20H2,1H3. The fourth-order valence-electron chi connectivity index (χ4n) is 5.44. The summed E-state index contributed by atoms with van der Waals surface area (Å²) in [4.78, 5) is 4.35. The third-order valence-corrected chi connectivity index (χ3v) is 11.4. The molecule has 3 aromatic rings. The Hall–Kier alpha value is -2.92. The van der Waals surface area contributed by atoms with Crippen molar-refractivity contribution in [2.24, 2.45) is 7.05 Å². The Balaban J connectivity index is 1.09. The summed E-state index contributed by atoms with van der Waals surface area (Å²) in [6, 6.07) is 7.58. The van der Waals surface area contributed by atoms with Gasteiger partial charge in [0.2, 0.25) is 10.0 Å². The molecule has 3 N–H and O–H groups in total. The molecule has 4 heterocycles. The van der Waals surface area contributed by atoms with Gasteiger partial charge in [-0.05, 0) is 43.5 Å². The van der Waals surface area contributed by atoms with E-state index in [1.165, 1.54) is 22.6 Å². The Kier molecular flexibility index (Phi) is 9.51. The van der Waals surface area contributed by atoms with E-state index in [9.17, 15) is 21.9 Å². The zero-order chi connectivity index (χ0) is 30.7. The maximum atomic E-state index is 13.4. The van der Waals surface area contributed by atoms with Crippen molar-refractivity contribution < 1.29 is 36.5 Å². The van der Waals surface area contributed by atoms with Gasteiger partial charge in [-0.25, -0.2) is 16.8 Å². The topological polar surface area (TPSA) is 173 Å². The van der Waals surface area contributed by atoms with Crippen LogP contribution in [0.1, 0.15) is 19.3 Å². The van der Waals surface area contributed by atoms with Crippen LogP contribution in [0.5, 0.6) is 5.75 Å². The number of sulfone groups is 1. The van der Waals surface area contributed by atoms with Crippen LogP contribution in [0.3, 0.4) is 0 Å². The average molecular weight is 636 g/mol. The normalized spacial score (nSPS) is 19.9. The highest BCUT2D eigenvalue weighted by Crippen LogP contribution is 2.37. The highest BCUT2D eigenvalue weighted by molar-refractivity contribution is 7.91. The lowest BCUT2D eigenvalue weighted by Gasteiger charge is -2.38. The Labute approximate surface area is 251 Å². The summed E-state index contributed by atoms with van der Waals surface area (Å²) in [5.74, 6) is -0.0671. The largest absolute Gasteiger partial charge is 0.491 e. The van der Waals surface area contributed by atoms with Gasteiger partial charge >= 0.3 is 0 Å². The van der Waals surface area contributed by atoms with Crippen LogP contribution in [-0.4, -0.2) is 109 Å². The molecule has 0 radical (unpaired) electrons. The Bertz CT molecular complexity index is 1620. The SMILES string of the molecule is Cn1cc(-c2cncc(S(=O)(=O)N3CCC4(CC3)CC(NCC(O)COc3cccc(S(=O)(=O)CCO)c3)CO4)c2)cn1. The van der Waals surface area contributed by atoms with Crippen LogP contribution >= 0.6 is 0 Å². The number of aromatic nitrogens is 3. The molecule has 1 aromatic carbocycles. The second kappa shape index (κ2) is 13.0. The predicted octanol–water partition coefficient (Wildman–Crippen LogP) is 0.590. The molecule has 2 aliphatic rings. The third kappa shape index (κ3) is 7.42. The van der Waals surface area contributed by atoms with E-state index < -0.39 is 38.2 Å². The summed E-state index contributed by atoms with van der Waals surface area (Å²) in [6.07, 6.45) is 7.42. The fourth-order valence-corrected chi connectivity index (χ4v) is 7.93. The van der Waals surface area contributed by atoms with E-state index >= 15 is 0 Å². The molecule has 1 spiro atoms. The van der Waals surface area contributed by atoms with Crippen LogP contribution in [0.2, 0.25) is 0 Å². The number of hydrogen-bond acceptors (Lipinski definition) is 11. The van der Waals surface area contributed by atoms with E-state index in [0.717, 1.165) is 5.56 Å². The summed E-state index contributed by atoms with van der Waals surface area (Å²) >= 11 is 0. The molecule has 0 amide bonds. The van der Waals surface area contributed by atoms with Gasteiger partial charge in [-0.2, -0.15) is 9.40 Å². The molecule has 2 fully saturated rings. The molecular weight excluding hydrogens is 598 g/mol. The van der Waals surface area contributed by atoms with Crippen LogP contribution in [0.4, 0.5) is 0 Å². The quantitative estimate of drug-likeness (QED) is 0.254. The number of aryl methyl sites for hydroxylation is 1. The Morgan fingerprint density at radius 2 is 1.91 bits per heavy atom. The van der Waals surface area contributed by atoms with Crippen molar-refractivity contribution in [1.82, 2.24) is 24.4 Å². The highest BCUT2D eigenvalue weighted by Gasteiger charge is 2.44. The zero-order valence-corrected chi connectivity index (χ0v) is 25.5. The van der Waals surface area contributed by atoms with Gasteiger partial charge in [0, 0.05) is 62.4 Å². The van der Waals surface area contributed by atoms with Gasteiger partial charge in [0.1, 0.15) is 23.4 Å². The summed E-state index contributed by atoms with van der Waals surface area (Å²) in [6.45, 7) is 0.834. The van der Waals surface area contributed by atoms with Crippen LogP contribution < -0.4 is 10.1 Å². The first-order valence-corrected chi connectivity index (χ1v) is 17.2. The first-order chi connectivity index (χ1) is 20.5. The van der Waals surface area contributed by atoms with Crippen molar-refractivity contribution in [3.63, 3.8) is 0 Å². The lowest BCUT2D eigenvalue weighted by Crippen LogP contribution is -2.47. The molecule has 2 aromatic heterocycles. The van der Waals surface area contributed by atoms with Crippen molar-refractivity contribution in [3.8, 4) is 16.9 Å². The Morgan fingerprint density at radius 1 is 1.12 bits per heavy atom. The third-order valence-electron chi connectivity index (χ3n) is 7.84. The molecular formula is C28H37N5O8S2. The van der Waals surface area contributed by atoms with Crippen molar-refractivity contribution in [1.29, 1.82) is 0 Å². The van der Waals surface area contributed by atoms with Gasteiger partial charge in [0.05, 0.1) is 35.7 Å². The maximum absolute atomic E-state index is 13.4. The first kappa shape index (κ1) is 31.5. The molecule has 15 heteroatoms. The summed E-state index contributed by atoms with van der Waals surface area (Å²) in [5.41, 5.74) is 1.04. The van der Waals surface area contributed by atoms with Gasteiger partial charge < -0.3 is 25.0 Å². The number of ether oxygens (including phenoxy) is 2. The minimum absolute atomic E-state index is 0.00915. The van der Waals surface area contributed by atoms with E-state index in [1.807, 2.05) is 0 Å². The lowest BCUT2D eigenvalue weighted by atomic mass is 9.88. The van der Waals surface area contributed by atoms with Crippen LogP contribution in [0.15, 0.2) is 64.9 Å². The first-order valence-electron chi connectivity index (χ1n) is 14.1. The lowest BCUT2D eigenvalue weighted by molar-refractivity contribution is -0.0312. The van der Waals surface area contributed by atoms with Crippen LogP contribution in [-0.2, 0) is 31.6 Å². The van der Waals surface area contributed by atoms with Gasteiger partial charge in [-0.1, -0.05) is 6.07 Å². The Morgan fingerprint density at radius 3 is 2.63 bits per heavy atom. The van der Waals surface area contributed by atoms with Gasteiger partial charge in [0.15, 0.2) is 9.84 Å². The van der Waals surface area contributed by atoms with Gasteiger partial charge in [0.25, 0.3) is 0 Å². The van der Waals surface area contributed by atoms with Crippen molar-refractivity contribution >= 4 is 19.9 Å². The van der Waals surface area contributed by atoms with E-state index in [0.29, 0.717) is 50.3 Å². The molecule has 0 bridgehead atoms. The minimum Gasteiger partial charge on any atom is -0.491 e. The molecule has 0 saturated carbocycles. The zero-order valence-electron chi connectivity index (χ0n) is 23.9.